The van der Waals surface area contributed by atoms with Crippen LogP contribution < -0.4 is 4.65 Å². The van der Waals surface area contributed by atoms with Gasteiger partial charge in [0.2, 0.25) is 0 Å². The summed E-state index contributed by atoms with van der Waals surface area (Å²) in [5.74, 6) is -0.463. The summed E-state index contributed by atoms with van der Waals surface area (Å²) in [6.07, 6.45) is 0. The Morgan fingerprint density at radius 2 is 1.48 bits per heavy atom. The summed E-state index contributed by atoms with van der Waals surface area (Å²) in [5.41, 5.74) is 2.86. The van der Waals surface area contributed by atoms with Crippen molar-refractivity contribution >= 4 is 29.5 Å². The van der Waals surface area contributed by atoms with Crippen molar-refractivity contribution in [2.75, 3.05) is 0 Å². The fourth-order valence-electron chi connectivity index (χ4n) is 3.01. The monoisotopic (exact) mass is 305 g/mol. The van der Waals surface area contributed by atoms with Gasteiger partial charge in [-0.15, -0.1) is 0 Å². The molecular weight excluding hydrogens is 292 g/mol. The second kappa shape index (κ2) is 5.45. The van der Waals surface area contributed by atoms with E-state index in [-0.39, 0.29) is 5.75 Å². The highest BCUT2D eigenvalue weighted by Crippen LogP contribution is 2.33. The van der Waals surface area contributed by atoms with Crippen LogP contribution in [-0.4, -0.2) is 17.3 Å². The highest BCUT2D eigenvalue weighted by Gasteiger charge is 2.13. The third kappa shape index (κ3) is 2.17. The Morgan fingerprint density at radius 1 is 0.870 bits per heavy atom. The van der Waals surface area contributed by atoms with E-state index in [0.29, 0.717) is 0 Å². The number of halogens is 1. The first kappa shape index (κ1) is 13.8. The van der Waals surface area contributed by atoms with Crippen molar-refractivity contribution in [3.05, 3.63) is 72.5 Å². The second-order valence-corrected chi connectivity index (χ2v) is 5.26. The van der Waals surface area contributed by atoms with E-state index in [1.165, 1.54) is 6.07 Å². The lowest BCUT2D eigenvalue weighted by Gasteiger charge is -2.10. The molecule has 0 radical (unpaired) electrons. The number of fused-ring (bicyclic) bond motifs is 3. The predicted octanol–water partition coefficient (Wildman–Crippen LogP) is 3.56. The Bertz CT molecular complexity index is 959. The van der Waals surface area contributed by atoms with E-state index in [1.54, 1.807) is 12.1 Å². The molecule has 0 aliphatic carbocycles. The average molecular weight is 305 g/mol. The molecule has 0 saturated carbocycles. The predicted molar refractivity (Wildman–Crippen MR) is 90.7 cm³/mol. The fourth-order valence-corrected chi connectivity index (χ4v) is 3.01. The van der Waals surface area contributed by atoms with Gasteiger partial charge in [-0.2, -0.15) is 0 Å². The van der Waals surface area contributed by atoms with E-state index in [1.807, 2.05) is 36.4 Å². The molecule has 1 heterocycles. The number of aromatic nitrogens is 1. The van der Waals surface area contributed by atoms with Crippen LogP contribution in [0.3, 0.4) is 0 Å². The van der Waals surface area contributed by atoms with Crippen LogP contribution in [0.2, 0.25) is 0 Å². The molecule has 3 aromatic carbocycles. The van der Waals surface area contributed by atoms with Crippen LogP contribution in [0.25, 0.3) is 27.5 Å². The van der Waals surface area contributed by atoms with Crippen LogP contribution in [-0.2, 0) is 0 Å². The second-order valence-electron chi connectivity index (χ2n) is 5.26. The summed E-state index contributed by atoms with van der Waals surface area (Å²) in [4.78, 5) is 0. The summed E-state index contributed by atoms with van der Waals surface area (Å²) in [6, 6.07) is 20.8. The van der Waals surface area contributed by atoms with Crippen molar-refractivity contribution in [1.29, 1.82) is 0 Å². The maximum absolute atomic E-state index is 13.8. The summed E-state index contributed by atoms with van der Waals surface area (Å²) < 4.78 is 20.8. The molecule has 1 N–H and O–H groups in total. The maximum atomic E-state index is 13.8. The van der Waals surface area contributed by atoms with E-state index in [9.17, 15) is 4.39 Å². The van der Waals surface area contributed by atoms with Gasteiger partial charge < -0.3 is 14.2 Å². The van der Waals surface area contributed by atoms with Gasteiger partial charge in [-0.1, -0.05) is 36.4 Å². The van der Waals surface area contributed by atoms with Crippen molar-refractivity contribution in [3.63, 3.8) is 0 Å². The zero-order valence-corrected chi connectivity index (χ0v) is 12.2. The largest absolute Gasteiger partial charge is 0.537 e. The van der Waals surface area contributed by atoms with Gasteiger partial charge in [-0.25, -0.2) is 4.39 Å². The van der Waals surface area contributed by atoms with Gasteiger partial charge in [0.05, 0.1) is 11.0 Å². The number of rotatable bonds is 3. The number of nitrogens with zero attached hydrogens (tertiary/aromatic N) is 1. The number of hydrogen-bond donors (Lipinski definition) is 1. The maximum Gasteiger partial charge on any atom is 0.504 e. The summed E-state index contributed by atoms with van der Waals surface area (Å²) in [7, 11) is -0.562. The van der Waals surface area contributed by atoms with Crippen molar-refractivity contribution in [2.45, 2.75) is 0 Å². The highest BCUT2D eigenvalue weighted by molar-refractivity contribution is 6.17. The fraction of sp³-hybridized carbons (Fsp3) is 0. The number of benzene rings is 3. The summed E-state index contributed by atoms with van der Waals surface area (Å²) in [6.45, 7) is 0. The molecule has 0 fully saturated rings. The van der Waals surface area contributed by atoms with E-state index >= 15 is 0 Å². The molecule has 0 bridgehead atoms. The molecule has 0 atom stereocenters. The lowest BCUT2D eigenvalue weighted by atomic mass is 10.2. The summed E-state index contributed by atoms with van der Waals surface area (Å²) in [5, 5.41) is 11.2. The van der Waals surface area contributed by atoms with E-state index in [4.69, 9.17) is 9.68 Å². The first-order valence-electron chi connectivity index (χ1n) is 7.31. The summed E-state index contributed by atoms with van der Waals surface area (Å²) >= 11 is 0. The molecule has 112 valence electrons. The molecule has 1 aromatic heterocycles. The van der Waals surface area contributed by atoms with Crippen molar-refractivity contribution < 1.29 is 14.1 Å². The van der Waals surface area contributed by atoms with E-state index in [0.717, 1.165) is 27.5 Å². The van der Waals surface area contributed by atoms with E-state index in [2.05, 4.69) is 16.7 Å². The van der Waals surface area contributed by atoms with Gasteiger partial charge in [0.1, 0.15) is 5.75 Å². The minimum absolute atomic E-state index is 0.0341. The average Bonchev–Trinajstić information content (AvgIpc) is 2.92. The molecule has 23 heavy (non-hydrogen) atoms. The lowest BCUT2D eigenvalue weighted by Crippen LogP contribution is -2.03. The first-order chi connectivity index (χ1) is 11.3. The van der Waals surface area contributed by atoms with Crippen LogP contribution in [0.4, 0.5) is 4.39 Å². The first-order valence-corrected chi connectivity index (χ1v) is 7.31. The Labute approximate surface area is 132 Å². The minimum Gasteiger partial charge on any atom is -0.537 e. The Kier molecular flexibility index (Phi) is 3.28. The molecule has 0 unspecified atom stereocenters. The molecular formula is C18H13BFNO2. The molecule has 5 heteroatoms. The topological polar surface area (TPSA) is 34.4 Å². The third-order valence-electron chi connectivity index (χ3n) is 3.97. The van der Waals surface area contributed by atoms with E-state index < -0.39 is 13.5 Å². The molecule has 4 aromatic rings. The molecule has 4 rings (SSSR count). The zero-order valence-electron chi connectivity index (χ0n) is 12.2. The minimum atomic E-state index is -0.562. The third-order valence-corrected chi connectivity index (χ3v) is 3.97. The molecule has 0 saturated heterocycles. The van der Waals surface area contributed by atoms with Gasteiger partial charge in [0.25, 0.3) is 0 Å². The van der Waals surface area contributed by atoms with Gasteiger partial charge in [-0.3, -0.25) is 0 Å². The van der Waals surface area contributed by atoms with Gasteiger partial charge in [-0.05, 0) is 24.3 Å². The van der Waals surface area contributed by atoms with Gasteiger partial charge >= 0.3 is 7.69 Å². The van der Waals surface area contributed by atoms with Crippen molar-refractivity contribution in [2.24, 2.45) is 0 Å². The Hall–Kier alpha value is -2.79. The van der Waals surface area contributed by atoms with Gasteiger partial charge in [0, 0.05) is 22.5 Å². The van der Waals surface area contributed by atoms with Crippen LogP contribution in [0.1, 0.15) is 0 Å². The number of para-hydroxylation sites is 2. The number of hydrogen-bond acceptors (Lipinski definition) is 2. The molecule has 3 nitrogen and oxygen atoms in total. The zero-order chi connectivity index (χ0) is 15.8. The Morgan fingerprint density at radius 3 is 2.09 bits per heavy atom. The molecule has 0 aliphatic heterocycles. The van der Waals surface area contributed by atoms with Crippen LogP contribution in [0.15, 0.2) is 66.7 Å². The standard InChI is InChI=1S/C18H13BFNO2/c20-15-10-9-12(11-18(15)23-19-22)21-16-7-3-1-5-13(16)14-6-2-4-8-17(14)21/h1-11,19,22H. The van der Waals surface area contributed by atoms with Crippen molar-refractivity contribution in [1.82, 2.24) is 4.57 Å². The SMILES string of the molecule is OBOc1cc(-n2c3ccccc3c3ccccc32)ccc1F. The molecule has 0 amide bonds. The smallest absolute Gasteiger partial charge is 0.504 e. The molecule has 0 spiro atoms. The quantitative estimate of drug-likeness (QED) is 0.587. The highest BCUT2D eigenvalue weighted by atomic mass is 19.1. The van der Waals surface area contributed by atoms with Crippen LogP contribution in [0, 0.1) is 5.82 Å². The van der Waals surface area contributed by atoms with Crippen LogP contribution >= 0.6 is 0 Å². The molecule has 0 aliphatic rings. The van der Waals surface area contributed by atoms with Crippen LogP contribution in [0.5, 0.6) is 5.75 Å². The van der Waals surface area contributed by atoms with Crippen molar-refractivity contribution in [3.8, 4) is 11.4 Å². The Balaban J connectivity index is 2.06. The van der Waals surface area contributed by atoms with Gasteiger partial charge in [0.15, 0.2) is 5.82 Å². The lowest BCUT2D eigenvalue weighted by molar-refractivity contribution is 0.431. The normalized spacial score (nSPS) is 11.0.